The Bertz CT molecular complexity index is 1480. The van der Waals surface area contributed by atoms with Crippen LogP contribution in [0.2, 0.25) is 0 Å². The van der Waals surface area contributed by atoms with Gasteiger partial charge in [-0.2, -0.15) is 5.26 Å². The molecule has 0 saturated carbocycles. The van der Waals surface area contributed by atoms with E-state index in [0.29, 0.717) is 24.2 Å². The molecule has 8 heteroatoms. The largest absolute Gasteiger partial charge is 0.457 e. The molecule has 4 heterocycles. The molecule has 0 bridgehead atoms. The third-order valence-corrected chi connectivity index (χ3v) is 7.25. The minimum atomic E-state index is -0.640. The fourth-order valence-corrected chi connectivity index (χ4v) is 5.29. The van der Waals surface area contributed by atoms with E-state index in [1.54, 1.807) is 6.07 Å². The predicted octanol–water partition coefficient (Wildman–Crippen LogP) is 2.99. The lowest BCUT2D eigenvalue weighted by Crippen LogP contribution is -2.43. The van der Waals surface area contributed by atoms with Crippen molar-refractivity contribution in [2.24, 2.45) is 4.99 Å². The first-order valence-electron chi connectivity index (χ1n) is 11.8. The zero-order chi connectivity index (χ0) is 24.1. The Morgan fingerprint density at radius 1 is 1.29 bits per heavy atom. The highest BCUT2D eigenvalue weighted by molar-refractivity contribution is 5.96. The second-order valence-corrected chi connectivity index (χ2v) is 9.30. The molecule has 0 spiro atoms. The van der Waals surface area contributed by atoms with Crippen LogP contribution in [0.15, 0.2) is 58.9 Å². The van der Waals surface area contributed by atoms with Crippen molar-refractivity contribution < 1.29 is 14.6 Å². The Morgan fingerprint density at radius 3 is 3.03 bits per heavy atom. The standard InChI is InChI=1S/C27H25N5O3/c1-16-20(3-4-21-22(16)15-35-26(21)34)25(33)14-31-8-7-23-19(13-31)12-29-27(30-23)32-9-6-18-10-17(11-28)2-5-24(18)32/h2-6,9-10,25,33H,7-8,12-15H2,1H3,(H,29,30). The number of nitrogens with one attached hydrogen (secondary N) is 1. The molecule has 0 radical (unpaired) electrons. The van der Waals surface area contributed by atoms with Crippen LogP contribution in [0.1, 0.15) is 45.1 Å². The molecular formula is C27H25N5O3. The molecule has 3 aromatic rings. The number of aliphatic imine (C=N–C) groups is 1. The van der Waals surface area contributed by atoms with Gasteiger partial charge in [0.1, 0.15) is 6.61 Å². The molecule has 3 aliphatic heterocycles. The summed E-state index contributed by atoms with van der Waals surface area (Å²) in [4.78, 5) is 18.9. The van der Waals surface area contributed by atoms with Crippen LogP contribution in [0.25, 0.3) is 10.9 Å². The van der Waals surface area contributed by atoms with E-state index in [1.807, 2.05) is 48.0 Å². The molecule has 8 nitrogen and oxygen atoms in total. The summed E-state index contributed by atoms with van der Waals surface area (Å²) in [6.45, 7) is 4.94. The van der Waals surface area contributed by atoms with Crippen molar-refractivity contribution in [1.82, 2.24) is 14.8 Å². The van der Waals surface area contributed by atoms with Gasteiger partial charge in [0.25, 0.3) is 0 Å². The number of aliphatic hydroxyl groups is 1. The van der Waals surface area contributed by atoms with Crippen molar-refractivity contribution in [3.63, 3.8) is 0 Å². The number of carbonyl (C=O) groups excluding carboxylic acids is 1. The number of hydrogen-bond acceptors (Lipinski definition) is 7. The van der Waals surface area contributed by atoms with Gasteiger partial charge in [-0.1, -0.05) is 6.07 Å². The minimum Gasteiger partial charge on any atom is -0.457 e. The normalized spacial score (nSPS) is 18.4. The van der Waals surface area contributed by atoms with Gasteiger partial charge < -0.3 is 15.2 Å². The van der Waals surface area contributed by atoms with Crippen molar-refractivity contribution in [2.75, 3.05) is 26.2 Å². The number of esters is 1. The van der Waals surface area contributed by atoms with Crippen LogP contribution in [0.4, 0.5) is 0 Å². The van der Waals surface area contributed by atoms with Crippen LogP contribution in [0.3, 0.4) is 0 Å². The summed E-state index contributed by atoms with van der Waals surface area (Å²) in [5, 5.41) is 24.7. The Morgan fingerprint density at radius 2 is 2.17 bits per heavy atom. The summed E-state index contributed by atoms with van der Waals surface area (Å²) < 4.78 is 7.18. The van der Waals surface area contributed by atoms with Gasteiger partial charge in [0.05, 0.1) is 35.4 Å². The van der Waals surface area contributed by atoms with Crippen molar-refractivity contribution in [1.29, 1.82) is 5.26 Å². The maximum absolute atomic E-state index is 11.8. The second-order valence-electron chi connectivity index (χ2n) is 9.30. The lowest BCUT2D eigenvalue weighted by Gasteiger charge is -2.34. The van der Waals surface area contributed by atoms with Crippen molar-refractivity contribution in [3.8, 4) is 6.07 Å². The maximum atomic E-state index is 11.8. The maximum Gasteiger partial charge on any atom is 0.338 e. The van der Waals surface area contributed by atoms with Crippen LogP contribution in [-0.4, -0.2) is 52.7 Å². The smallest absolute Gasteiger partial charge is 0.338 e. The zero-order valence-electron chi connectivity index (χ0n) is 19.4. The van der Waals surface area contributed by atoms with E-state index in [0.717, 1.165) is 53.1 Å². The summed E-state index contributed by atoms with van der Waals surface area (Å²) in [6, 6.07) is 13.5. The Balaban J connectivity index is 1.14. The van der Waals surface area contributed by atoms with Crippen LogP contribution in [0.5, 0.6) is 0 Å². The first-order chi connectivity index (χ1) is 17.0. The summed E-state index contributed by atoms with van der Waals surface area (Å²) in [6.07, 6.45) is 2.19. The number of fused-ring (bicyclic) bond motifs is 2. The van der Waals surface area contributed by atoms with Crippen LogP contribution in [-0.2, 0) is 11.3 Å². The zero-order valence-corrected chi connectivity index (χ0v) is 19.4. The van der Waals surface area contributed by atoms with Gasteiger partial charge in [0.15, 0.2) is 0 Å². The lowest BCUT2D eigenvalue weighted by molar-refractivity contribution is 0.0535. The quantitative estimate of drug-likeness (QED) is 0.574. The molecule has 0 aliphatic carbocycles. The highest BCUT2D eigenvalue weighted by Crippen LogP contribution is 2.30. The van der Waals surface area contributed by atoms with E-state index in [1.165, 1.54) is 11.3 Å². The number of aliphatic hydroxyl groups excluding tert-OH is 1. The van der Waals surface area contributed by atoms with E-state index < -0.39 is 6.10 Å². The molecule has 1 atom stereocenters. The average molecular weight is 468 g/mol. The minimum absolute atomic E-state index is 0.280. The van der Waals surface area contributed by atoms with Crippen LogP contribution < -0.4 is 5.32 Å². The summed E-state index contributed by atoms with van der Waals surface area (Å²) >= 11 is 0. The van der Waals surface area contributed by atoms with Crippen LogP contribution >= 0.6 is 0 Å². The van der Waals surface area contributed by atoms with Crippen molar-refractivity contribution in [3.05, 3.63) is 81.7 Å². The Labute approximate surface area is 202 Å². The van der Waals surface area contributed by atoms with Crippen molar-refractivity contribution in [2.45, 2.75) is 26.1 Å². The molecule has 35 heavy (non-hydrogen) atoms. The summed E-state index contributed by atoms with van der Waals surface area (Å²) in [7, 11) is 0. The van der Waals surface area contributed by atoms with E-state index in [4.69, 9.17) is 15.0 Å². The number of ether oxygens (including phenoxy) is 1. The lowest BCUT2D eigenvalue weighted by atomic mass is 9.94. The third kappa shape index (κ3) is 3.70. The van der Waals surface area contributed by atoms with Gasteiger partial charge in [-0.15, -0.1) is 0 Å². The molecule has 6 rings (SSSR count). The number of rotatable bonds is 3. The summed E-state index contributed by atoms with van der Waals surface area (Å²) in [5.74, 6) is 0.506. The number of nitriles is 1. The fourth-order valence-electron chi connectivity index (χ4n) is 5.29. The molecule has 0 amide bonds. The topological polar surface area (TPSA) is 103 Å². The molecule has 2 aromatic carbocycles. The number of β-amino-alcohol motifs (C(OH)–C–C–N with tert-alkyl or cyclic N) is 1. The fraction of sp³-hybridized carbons (Fsp3) is 0.296. The van der Waals surface area contributed by atoms with Gasteiger partial charge in [-0.05, 0) is 54.0 Å². The summed E-state index contributed by atoms with van der Waals surface area (Å²) in [5.41, 5.74) is 7.36. The van der Waals surface area contributed by atoms with Crippen molar-refractivity contribution >= 4 is 22.8 Å². The number of hydrogen-bond donors (Lipinski definition) is 2. The monoisotopic (exact) mass is 467 g/mol. The van der Waals surface area contributed by atoms with Gasteiger partial charge >= 0.3 is 5.97 Å². The number of carbonyl (C=O) groups is 1. The average Bonchev–Trinajstić information content (AvgIpc) is 3.47. The third-order valence-electron chi connectivity index (χ3n) is 7.25. The van der Waals surface area contributed by atoms with E-state index in [2.05, 4.69) is 16.3 Å². The molecule has 1 unspecified atom stereocenters. The molecule has 0 fully saturated rings. The van der Waals surface area contributed by atoms with Gasteiger partial charge in [-0.25, -0.2) is 9.79 Å². The highest BCUT2D eigenvalue weighted by atomic mass is 16.5. The number of aromatic nitrogens is 1. The molecule has 1 aromatic heterocycles. The van der Waals surface area contributed by atoms with E-state index in [-0.39, 0.29) is 12.6 Å². The van der Waals surface area contributed by atoms with Crippen LogP contribution in [0, 0.1) is 18.3 Å². The molecule has 176 valence electrons. The first kappa shape index (κ1) is 21.6. The molecule has 3 aliphatic rings. The number of benzene rings is 2. The van der Waals surface area contributed by atoms with Gasteiger partial charge in [0, 0.05) is 48.9 Å². The van der Waals surface area contributed by atoms with Gasteiger partial charge in [-0.3, -0.25) is 9.47 Å². The molecule has 2 N–H and O–H groups in total. The Hall–Kier alpha value is -3.93. The second kappa shape index (κ2) is 8.38. The molecular weight excluding hydrogens is 442 g/mol. The molecule has 0 saturated heterocycles. The highest BCUT2D eigenvalue weighted by Gasteiger charge is 2.28. The number of cyclic esters (lactones) is 1. The first-order valence-corrected chi connectivity index (χ1v) is 11.8. The van der Waals surface area contributed by atoms with E-state index in [9.17, 15) is 9.90 Å². The number of nitrogens with zero attached hydrogens (tertiary/aromatic N) is 4. The SMILES string of the molecule is Cc1c(C(O)CN2CCC3=C(CN=C(n4ccc5cc(C#N)ccc54)N3)C2)ccc2c1COC2=O. The Kier molecular flexibility index (Phi) is 5.17. The van der Waals surface area contributed by atoms with E-state index >= 15 is 0 Å². The van der Waals surface area contributed by atoms with Gasteiger partial charge in [0.2, 0.25) is 5.96 Å². The predicted molar refractivity (Wildman–Crippen MR) is 131 cm³/mol.